The van der Waals surface area contributed by atoms with E-state index < -0.39 is 0 Å². The van der Waals surface area contributed by atoms with Gasteiger partial charge in [0.1, 0.15) is 0 Å². The lowest BCUT2D eigenvalue weighted by atomic mass is 10.2. The smallest absolute Gasteiger partial charge is 0.0739 e. The molecule has 1 heterocycles. The van der Waals surface area contributed by atoms with E-state index >= 15 is 0 Å². The van der Waals surface area contributed by atoms with Crippen molar-refractivity contribution in [3.8, 4) is 0 Å². The number of halogens is 2. The van der Waals surface area contributed by atoms with Crippen LogP contribution in [0.5, 0.6) is 0 Å². The first-order chi connectivity index (χ1) is 8.49. The van der Waals surface area contributed by atoms with Gasteiger partial charge < -0.3 is 5.32 Å². The Hall–Kier alpha value is -1.00. The van der Waals surface area contributed by atoms with E-state index in [4.69, 9.17) is 11.6 Å². The third-order valence-electron chi connectivity index (χ3n) is 2.83. The van der Waals surface area contributed by atoms with Crippen LogP contribution in [0.25, 0.3) is 0 Å². The van der Waals surface area contributed by atoms with Crippen LogP contribution >= 0.6 is 27.5 Å². The van der Waals surface area contributed by atoms with Crippen molar-refractivity contribution in [2.24, 2.45) is 7.05 Å². The molecule has 0 aliphatic rings. The Morgan fingerprint density at radius 2 is 2.11 bits per heavy atom. The first-order valence-electron chi connectivity index (χ1n) is 5.67. The predicted octanol–water partition coefficient (Wildman–Crippen LogP) is 4.06. The molecule has 0 amide bonds. The van der Waals surface area contributed by atoms with Gasteiger partial charge in [-0.3, -0.25) is 4.68 Å². The Morgan fingerprint density at radius 3 is 2.72 bits per heavy atom. The first kappa shape index (κ1) is 13.4. The molecule has 0 fully saturated rings. The summed E-state index contributed by atoms with van der Waals surface area (Å²) in [6.07, 6.45) is 0. The average Bonchev–Trinajstić information content (AvgIpc) is 2.55. The third kappa shape index (κ3) is 2.70. The van der Waals surface area contributed by atoms with E-state index in [1.54, 1.807) is 0 Å². The van der Waals surface area contributed by atoms with E-state index in [0.29, 0.717) is 6.54 Å². The second kappa shape index (κ2) is 5.33. The molecule has 5 heteroatoms. The van der Waals surface area contributed by atoms with Crippen LogP contribution in [-0.4, -0.2) is 9.78 Å². The lowest BCUT2D eigenvalue weighted by Crippen LogP contribution is -2.06. The summed E-state index contributed by atoms with van der Waals surface area (Å²) < 4.78 is 2.91. The molecule has 0 spiro atoms. The molecule has 0 unspecified atom stereocenters. The standard InChI is InChI=1S/C13H15BrClN3/c1-8-4-5-10(15)11(6-8)16-7-12-13(14)9(2)17-18(12)3/h4-6,16H,7H2,1-3H3. The molecule has 2 rings (SSSR count). The van der Waals surface area contributed by atoms with Crippen LogP contribution in [0.4, 0.5) is 5.69 Å². The molecule has 1 N–H and O–H groups in total. The number of nitrogens with zero attached hydrogens (tertiary/aromatic N) is 2. The Labute approximate surface area is 120 Å². The summed E-state index contributed by atoms with van der Waals surface area (Å²) in [5.41, 5.74) is 4.22. The van der Waals surface area contributed by atoms with Crippen molar-refractivity contribution in [1.29, 1.82) is 0 Å². The molecule has 0 saturated heterocycles. The largest absolute Gasteiger partial charge is 0.378 e. The van der Waals surface area contributed by atoms with E-state index in [1.165, 1.54) is 5.56 Å². The summed E-state index contributed by atoms with van der Waals surface area (Å²) in [5, 5.41) is 8.43. The van der Waals surface area contributed by atoms with Crippen molar-refractivity contribution >= 4 is 33.2 Å². The van der Waals surface area contributed by atoms with Gasteiger partial charge in [-0.05, 0) is 47.5 Å². The normalized spacial score (nSPS) is 10.7. The molecule has 2 aromatic rings. The highest BCUT2D eigenvalue weighted by Gasteiger charge is 2.10. The number of aromatic nitrogens is 2. The molecule has 0 radical (unpaired) electrons. The second-order valence-electron chi connectivity index (χ2n) is 4.31. The fourth-order valence-corrected chi connectivity index (χ4v) is 2.49. The highest BCUT2D eigenvalue weighted by atomic mass is 79.9. The van der Waals surface area contributed by atoms with E-state index in [9.17, 15) is 0 Å². The highest BCUT2D eigenvalue weighted by Crippen LogP contribution is 2.25. The molecule has 18 heavy (non-hydrogen) atoms. The van der Waals surface area contributed by atoms with Gasteiger partial charge in [0.2, 0.25) is 0 Å². The van der Waals surface area contributed by atoms with Gasteiger partial charge in [-0.2, -0.15) is 5.10 Å². The van der Waals surface area contributed by atoms with Crippen LogP contribution in [-0.2, 0) is 13.6 Å². The molecule has 0 aliphatic carbocycles. The van der Waals surface area contributed by atoms with Crippen molar-refractivity contribution in [1.82, 2.24) is 9.78 Å². The van der Waals surface area contributed by atoms with Gasteiger partial charge in [0.25, 0.3) is 0 Å². The van der Waals surface area contributed by atoms with E-state index in [2.05, 4.69) is 26.3 Å². The molecule has 1 aromatic heterocycles. The van der Waals surface area contributed by atoms with E-state index in [1.807, 2.05) is 43.8 Å². The van der Waals surface area contributed by atoms with Crippen molar-refractivity contribution in [2.75, 3.05) is 5.32 Å². The zero-order chi connectivity index (χ0) is 13.3. The summed E-state index contributed by atoms with van der Waals surface area (Å²) in [7, 11) is 1.94. The zero-order valence-electron chi connectivity index (χ0n) is 10.6. The maximum atomic E-state index is 6.15. The summed E-state index contributed by atoms with van der Waals surface area (Å²) in [5.74, 6) is 0. The van der Waals surface area contributed by atoms with Gasteiger partial charge in [-0.1, -0.05) is 17.7 Å². The number of hydrogen-bond donors (Lipinski definition) is 1. The van der Waals surface area contributed by atoms with Crippen LogP contribution in [0.2, 0.25) is 5.02 Å². The molecule has 0 saturated carbocycles. The number of nitrogens with one attached hydrogen (secondary N) is 1. The van der Waals surface area contributed by atoms with Crippen LogP contribution in [0, 0.1) is 13.8 Å². The number of aryl methyl sites for hydroxylation is 3. The third-order valence-corrected chi connectivity index (χ3v) is 4.19. The maximum absolute atomic E-state index is 6.15. The SMILES string of the molecule is Cc1ccc(Cl)c(NCc2c(Br)c(C)nn2C)c1. The molecule has 1 aromatic carbocycles. The quantitative estimate of drug-likeness (QED) is 0.920. The van der Waals surface area contributed by atoms with Crippen molar-refractivity contribution in [2.45, 2.75) is 20.4 Å². The fraction of sp³-hybridized carbons (Fsp3) is 0.308. The molecule has 0 atom stereocenters. The van der Waals surface area contributed by atoms with Gasteiger partial charge in [-0.15, -0.1) is 0 Å². The van der Waals surface area contributed by atoms with Gasteiger partial charge in [0, 0.05) is 7.05 Å². The Kier molecular flexibility index (Phi) is 3.97. The summed E-state index contributed by atoms with van der Waals surface area (Å²) >= 11 is 9.70. The monoisotopic (exact) mass is 327 g/mol. The number of benzene rings is 1. The summed E-state index contributed by atoms with van der Waals surface area (Å²) in [4.78, 5) is 0. The minimum Gasteiger partial charge on any atom is -0.378 e. The van der Waals surface area contributed by atoms with Crippen molar-refractivity contribution in [3.63, 3.8) is 0 Å². The minimum atomic E-state index is 0.682. The minimum absolute atomic E-state index is 0.682. The van der Waals surface area contributed by atoms with Crippen LogP contribution in [0.1, 0.15) is 17.0 Å². The Balaban J connectivity index is 2.19. The van der Waals surface area contributed by atoms with Crippen molar-refractivity contribution in [3.05, 3.63) is 44.6 Å². The van der Waals surface area contributed by atoms with Gasteiger partial charge >= 0.3 is 0 Å². The van der Waals surface area contributed by atoms with Crippen LogP contribution in [0.15, 0.2) is 22.7 Å². The molecule has 0 bridgehead atoms. The number of anilines is 1. The molecule has 3 nitrogen and oxygen atoms in total. The van der Waals surface area contributed by atoms with E-state index in [0.717, 1.165) is 26.6 Å². The van der Waals surface area contributed by atoms with Crippen LogP contribution in [0.3, 0.4) is 0 Å². The van der Waals surface area contributed by atoms with Crippen molar-refractivity contribution < 1.29 is 0 Å². The van der Waals surface area contributed by atoms with Gasteiger partial charge in [0.15, 0.2) is 0 Å². The highest BCUT2D eigenvalue weighted by molar-refractivity contribution is 9.10. The first-order valence-corrected chi connectivity index (χ1v) is 6.84. The molecule has 0 aliphatic heterocycles. The topological polar surface area (TPSA) is 29.9 Å². The lowest BCUT2D eigenvalue weighted by Gasteiger charge is -2.10. The van der Waals surface area contributed by atoms with E-state index in [-0.39, 0.29) is 0 Å². The number of hydrogen-bond acceptors (Lipinski definition) is 2. The van der Waals surface area contributed by atoms with Gasteiger partial charge in [-0.25, -0.2) is 0 Å². The maximum Gasteiger partial charge on any atom is 0.0739 e. The average molecular weight is 329 g/mol. The fourth-order valence-electron chi connectivity index (χ4n) is 1.83. The molecule has 96 valence electrons. The number of rotatable bonds is 3. The van der Waals surface area contributed by atoms with Gasteiger partial charge in [0.05, 0.1) is 33.1 Å². The Bertz CT molecular complexity index is 578. The zero-order valence-corrected chi connectivity index (χ0v) is 12.9. The summed E-state index contributed by atoms with van der Waals surface area (Å²) in [6.45, 7) is 4.71. The molecular formula is C13H15BrClN3. The predicted molar refractivity (Wildman–Crippen MR) is 79.2 cm³/mol. The lowest BCUT2D eigenvalue weighted by molar-refractivity contribution is 0.712. The summed E-state index contributed by atoms with van der Waals surface area (Å²) in [6, 6.07) is 5.94. The molecular weight excluding hydrogens is 314 g/mol. The Morgan fingerprint density at radius 1 is 1.39 bits per heavy atom. The second-order valence-corrected chi connectivity index (χ2v) is 5.51. The van der Waals surface area contributed by atoms with Crippen LogP contribution < -0.4 is 5.32 Å².